The number of carbonyl (C=O) groups excluding carboxylic acids is 2. The molecule has 0 saturated carbocycles. The summed E-state index contributed by atoms with van der Waals surface area (Å²) >= 11 is 1.52. The average molecular weight is 401 g/mol. The summed E-state index contributed by atoms with van der Waals surface area (Å²) in [5.74, 6) is 0.616. The molecule has 2 aromatic heterocycles. The minimum atomic E-state index is -0.425. The van der Waals surface area contributed by atoms with Gasteiger partial charge in [-0.3, -0.25) is 9.69 Å². The monoisotopic (exact) mass is 401 g/mol. The third-order valence-electron chi connectivity index (χ3n) is 4.81. The molecule has 0 radical (unpaired) electrons. The Morgan fingerprint density at radius 3 is 2.93 bits per heavy atom. The SMILES string of the molecule is COC(=O)c1cc(CN(C)CCC(=O)Nc2sc3c(c2C#N)CCC3)oc1C. The van der Waals surface area contributed by atoms with Crippen molar-refractivity contribution in [3.05, 3.63) is 39.2 Å². The molecular weight excluding hydrogens is 378 g/mol. The van der Waals surface area contributed by atoms with E-state index >= 15 is 0 Å². The Morgan fingerprint density at radius 1 is 1.43 bits per heavy atom. The maximum Gasteiger partial charge on any atom is 0.341 e. The first-order valence-electron chi connectivity index (χ1n) is 9.13. The van der Waals surface area contributed by atoms with E-state index in [0.29, 0.717) is 47.2 Å². The second kappa shape index (κ2) is 8.59. The van der Waals surface area contributed by atoms with Crippen LogP contribution in [0.25, 0.3) is 0 Å². The molecule has 0 aliphatic heterocycles. The number of carbonyl (C=O) groups is 2. The molecule has 0 unspecified atom stereocenters. The molecule has 1 aliphatic carbocycles. The normalized spacial score (nSPS) is 12.7. The van der Waals surface area contributed by atoms with Crippen LogP contribution in [0.15, 0.2) is 10.5 Å². The number of amides is 1. The topological polar surface area (TPSA) is 95.6 Å². The van der Waals surface area contributed by atoms with E-state index < -0.39 is 5.97 Å². The van der Waals surface area contributed by atoms with Gasteiger partial charge < -0.3 is 14.5 Å². The number of anilines is 1. The quantitative estimate of drug-likeness (QED) is 0.716. The van der Waals surface area contributed by atoms with E-state index in [1.54, 1.807) is 13.0 Å². The lowest BCUT2D eigenvalue weighted by molar-refractivity contribution is -0.116. The summed E-state index contributed by atoms with van der Waals surface area (Å²) in [6.07, 6.45) is 3.29. The van der Waals surface area contributed by atoms with Crippen molar-refractivity contribution in [3.8, 4) is 6.07 Å². The summed E-state index contributed by atoms with van der Waals surface area (Å²) in [5, 5.41) is 13.0. The number of fused-ring (bicyclic) bond motifs is 1. The lowest BCUT2D eigenvalue weighted by Crippen LogP contribution is -2.23. The number of thiophene rings is 1. The van der Waals surface area contributed by atoms with Crippen LogP contribution in [0, 0.1) is 18.3 Å². The highest BCUT2D eigenvalue weighted by Gasteiger charge is 2.23. The van der Waals surface area contributed by atoms with E-state index in [1.807, 2.05) is 11.9 Å². The first kappa shape index (κ1) is 20.1. The standard InChI is InChI=1S/C20H23N3O4S/c1-12-15(20(25)26-3)9-13(27-12)11-23(2)8-7-18(24)22-19-16(10-21)14-5-4-6-17(14)28-19/h9H,4-8,11H2,1-3H3,(H,22,24). The van der Waals surface area contributed by atoms with Crippen LogP contribution >= 0.6 is 11.3 Å². The molecule has 8 heteroatoms. The van der Waals surface area contributed by atoms with Crippen molar-refractivity contribution >= 4 is 28.2 Å². The van der Waals surface area contributed by atoms with Gasteiger partial charge in [0.1, 0.15) is 28.2 Å². The summed E-state index contributed by atoms with van der Waals surface area (Å²) in [7, 11) is 3.21. The largest absolute Gasteiger partial charge is 0.465 e. The highest BCUT2D eigenvalue weighted by molar-refractivity contribution is 7.16. The minimum absolute atomic E-state index is 0.117. The third kappa shape index (κ3) is 4.26. The van der Waals surface area contributed by atoms with Gasteiger partial charge >= 0.3 is 5.97 Å². The second-order valence-corrected chi connectivity index (χ2v) is 7.99. The highest BCUT2D eigenvalue weighted by Crippen LogP contribution is 2.38. The molecule has 0 bridgehead atoms. The smallest absolute Gasteiger partial charge is 0.341 e. The highest BCUT2D eigenvalue weighted by atomic mass is 32.1. The van der Waals surface area contributed by atoms with Gasteiger partial charge in [-0.15, -0.1) is 11.3 Å². The molecule has 2 heterocycles. The number of hydrogen-bond donors (Lipinski definition) is 1. The second-order valence-electron chi connectivity index (χ2n) is 6.88. The fraction of sp³-hybridized carbons (Fsp3) is 0.450. The van der Waals surface area contributed by atoms with E-state index in [0.717, 1.165) is 24.8 Å². The maximum atomic E-state index is 12.3. The summed E-state index contributed by atoms with van der Waals surface area (Å²) in [5.41, 5.74) is 2.15. The van der Waals surface area contributed by atoms with E-state index in [1.165, 1.54) is 23.3 Å². The number of rotatable bonds is 7. The van der Waals surface area contributed by atoms with Crippen LogP contribution in [0.1, 0.15) is 50.7 Å². The van der Waals surface area contributed by atoms with Gasteiger partial charge in [-0.2, -0.15) is 5.26 Å². The van der Waals surface area contributed by atoms with Crippen molar-refractivity contribution in [3.63, 3.8) is 0 Å². The molecule has 7 nitrogen and oxygen atoms in total. The Bertz CT molecular complexity index is 938. The molecule has 1 aliphatic rings. The van der Waals surface area contributed by atoms with E-state index in [9.17, 15) is 14.9 Å². The molecule has 0 spiro atoms. The zero-order valence-electron chi connectivity index (χ0n) is 16.3. The molecule has 1 N–H and O–H groups in total. The van der Waals surface area contributed by atoms with Crippen LogP contribution in [0.2, 0.25) is 0 Å². The first-order chi connectivity index (χ1) is 13.4. The Balaban J connectivity index is 1.53. The Kier molecular flexibility index (Phi) is 6.17. The van der Waals surface area contributed by atoms with Crippen LogP contribution in [0.4, 0.5) is 5.00 Å². The zero-order chi connectivity index (χ0) is 20.3. The van der Waals surface area contributed by atoms with Crippen LogP contribution in [-0.2, 0) is 28.9 Å². The van der Waals surface area contributed by atoms with Gasteiger partial charge in [0.25, 0.3) is 0 Å². The lowest BCUT2D eigenvalue weighted by atomic mass is 10.1. The van der Waals surface area contributed by atoms with Crippen molar-refractivity contribution in [1.82, 2.24) is 4.90 Å². The number of nitrogens with one attached hydrogen (secondary N) is 1. The van der Waals surface area contributed by atoms with E-state index in [-0.39, 0.29) is 5.91 Å². The number of methoxy groups -OCH3 is 1. The van der Waals surface area contributed by atoms with Crippen molar-refractivity contribution in [2.75, 3.05) is 26.0 Å². The molecule has 1 amide bonds. The van der Waals surface area contributed by atoms with Crippen LogP contribution in [0.3, 0.4) is 0 Å². The Labute approximate surface area is 167 Å². The first-order valence-corrected chi connectivity index (χ1v) is 9.95. The summed E-state index contributed by atoms with van der Waals surface area (Å²) in [4.78, 5) is 27.1. The molecule has 0 saturated heterocycles. The number of furan rings is 1. The molecular formula is C20H23N3O4S. The third-order valence-corrected chi connectivity index (χ3v) is 6.01. The maximum absolute atomic E-state index is 12.3. The predicted molar refractivity (Wildman–Crippen MR) is 105 cm³/mol. The van der Waals surface area contributed by atoms with Crippen molar-refractivity contribution < 1.29 is 18.7 Å². The van der Waals surface area contributed by atoms with Gasteiger partial charge in [0, 0.05) is 17.8 Å². The number of nitriles is 1. The van der Waals surface area contributed by atoms with Crippen molar-refractivity contribution in [1.29, 1.82) is 5.26 Å². The number of esters is 1. The van der Waals surface area contributed by atoms with Crippen LogP contribution in [0.5, 0.6) is 0 Å². The van der Waals surface area contributed by atoms with Gasteiger partial charge in [-0.1, -0.05) is 0 Å². The lowest BCUT2D eigenvalue weighted by Gasteiger charge is -2.14. The molecule has 0 fully saturated rings. The van der Waals surface area contributed by atoms with Gasteiger partial charge in [-0.25, -0.2) is 4.79 Å². The zero-order valence-corrected chi connectivity index (χ0v) is 17.1. The fourth-order valence-corrected chi connectivity index (χ4v) is 4.63. The van der Waals surface area contributed by atoms with Crippen molar-refractivity contribution in [2.45, 2.75) is 39.2 Å². The van der Waals surface area contributed by atoms with Gasteiger partial charge in [0.05, 0.1) is 19.2 Å². The molecule has 0 atom stereocenters. The Hall–Kier alpha value is -2.63. The molecule has 28 heavy (non-hydrogen) atoms. The number of nitrogens with zero attached hydrogens (tertiary/aromatic N) is 2. The van der Waals surface area contributed by atoms with Crippen LogP contribution in [-0.4, -0.2) is 37.5 Å². The minimum Gasteiger partial charge on any atom is -0.465 e. The Morgan fingerprint density at radius 2 is 2.21 bits per heavy atom. The molecule has 2 aromatic rings. The van der Waals surface area contributed by atoms with Gasteiger partial charge in [-0.05, 0) is 44.9 Å². The van der Waals surface area contributed by atoms with Gasteiger partial charge in [0.2, 0.25) is 5.91 Å². The predicted octanol–water partition coefficient (Wildman–Crippen LogP) is 3.26. The average Bonchev–Trinajstić information content (AvgIpc) is 3.33. The number of hydrogen-bond acceptors (Lipinski definition) is 7. The van der Waals surface area contributed by atoms with Gasteiger partial charge in [0.15, 0.2) is 0 Å². The molecule has 148 valence electrons. The number of aryl methyl sites for hydroxylation is 2. The molecule has 3 rings (SSSR count). The summed E-state index contributed by atoms with van der Waals surface area (Å²) in [6, 6.07) is 3.91. The molecule has 0 aromatic carbocycles. The number of ether oxygens (including phenoxy) is 1. The van der Waals surface area contributed by atoms with E-state index in [4.69, 9.17) is 9.15 Å². The summed E-state index contributed by atoms with van der Waals surface area (Å²) < 4.78 is 10.3. The fourth-order valence-electron chi connectivity index (χ4n) is 3.37. The summed E-state index contributed by atoms with van der Waals surface area (Å²) in [6.45, 7) is 2.71. The van der Waals surface area contributed by atoms with Crippen LogP contribution < -0.4 is 5.32 Å². The van der Waals surface area contributed by atoms with Crippen molar-refractivity contribution in [2.24, 2.45) is 0 Å². The van der Waals surface area contributed by atoms with E-state index in [2.05, 4.69) is 11.4 Å².